The molecular formula is C10H16N2O2S. The van der Waals surface area contributed by atoms with Crippen molar-refractivity contribution in [2.75, 3.05) is 0 Å². The lowest BCUT2D eigenvalue weighted by atomic mass is 10.3. The van der Waals surface area contributed by atoms with Crippen molar-refractivity contribution < 1.29 is 9.90 Å². The maximum absolute atomic E-state index is 10.5. The van der Waals surface area contributed by atoms with E-state index in [-0.39, 0.29) is 11.7 Å². The van der Waals surface area contributed by atoms with E-state index in [1.807, 2.05) is 13.1 Å². The Morgan fingerprint density at radius 3 is 3.07 bits per heavy atom. The predicted octanol–water partition coefficient (Wildman–Crippen LogP) is 2.00. The Hall–Kier alpha value is -0.970. The number of rotatable bonds is 6. The molecule has 15 heavy (non-hydrogen) atoms. The summed E-state index contributed by atoms with van der Waals surface area (Å²) >= 11 is 1.65. The fraction of sp³-hybridized carbons (Fsp3) is 0.600. The third kappa shape index (κ3) is 3.95. The molecule has 0 aliphatic carbocycles. The molecule has 1 aromatic heterocycles. The number of aliphatic carboxylic acids is 1. The molecule has 4 nitrogen and oxygen atoms in total. The summed E-state index contributed by atoms with van der Waals surface area (Å²) in [5.41, 5.74) is 1.15. The molecule has 0 radical (unpaired) electrons. The van der Waals surface area contributed by atoms with Crippen LogP contribution in [0.2, 0.25) is 0 Å². The highest BCUT2D eigenvalue weighted by Gasteiger charge is 2.09. The van der Waals surface area contributed by atoms with Crippen LogP contribution in [0.15, 0.2) is 12.5 Å². The van der Waals surface area contributed by atoms with Gasteiger partial charge in [-0.25, -0.2) is 4.98 Å². The number of imidazole rings is 1. The number of nitrogens with zero attached hydrogens (tertiary/aromatic N) is 2. The second-order valence-electron chi connectivity index (χ2n) is 3.39. The summed E-state index contributed by atoms with van der Waals surface area (Å²) in [7, 11) is 0. The Kier molecular flexibility index (Phi) is 4.68. The Balaban J connectivity index is 2.39. The van der Waals surface area contributed by atoms with Crippen molar-refractivity contribution in [3.8, 4) is 0 Å². The fourth-order valence-corrected chi connectivity index (χ4v) is 2.24. The minimum atomic E-state index is -0.737. The molecule has 0 saturated carbocycles. The molecule has 0 saturated heterocycles. The predicted molar refractivity (Wildman–Crippen MR) is 60.9 cm³/mol. The van der Waals surface area contributed by atoms with Gasteiger partial charge < -0.3 is 9.67 Å². The molecule has 1 atom stereocenters. The van der Waals surface area contributed by atoms with E-state index in [1.165, 1.54) is 0 Å². The molecule has 0 spiro atoms. The summed E-state index contributed by atoms with van der Waals surface area (Å²) in [6.07, 6.45) is 3.85. The molecule has 1 N–H and O–H groups in total. The molecule has 0 aliphatic heterocycles. The largest absolute Gasteiger partial charge is 0.481 e. The van der Waals surface area contributed by atoms with E-state index in [9.17, 15) is 4.79 Å². The number of carbonyl (C=O) groups is 1. The number of hydrogen-bond acceptors (Lipinski definition) is 3. The zero-order valence-corrected chi connectivity index (χ0v) is 9.83. The van der Waals surface area contributed by atoms with E-state index >= 15 is 0 Å². The highest BCUT2D eigenvalue weighted by atomic mass is 32.2. The monoisotopic (exact) mass is 228 g/mol. The van der Waals surface area contributed by atoms with Crippen LogP contribution < -0.4 is 0 Å². The zero-order chi connectivity index (χ0) is 11.3. The fourth-order valence-electron chi connectivity index (χ4n) is 1.29. The lowest BCUT2D eigenvalue weighted by Crippen LogP contribution is -2.07. The van der Waals surface area contributed by atoms with Crippen LogP contribution >= 0.6 is 11.8 Å². The minimum Gasteiger partial charge on any atom is -0.481 e. The Morgan fingerprint density at radius 1 is 1.73 bits per heavy atom. The van der Waals surface area contributed by atoms with E-state index in [1.54, 1.807) is 18.1 Å². The van der Waals surface area contributed by atoms with Crippen LogP contribution in [0.5, 0.6) is 0 Å². The standard InChI is InChI=1S/C10H16N2O2S/c1-3-12-7-11-5-9(12)6-15-8(2)4-10(13)14/h5,7-8H,3-4,6H2,1-2H3,(H,13,14). The number of thioether (sulfide) groups is 1. The quantitative estimate of drug-likeness (QED) is 0.809. The molecule has 84 valence electrons. The lowest BCUT2D eigenvalue weighted by Gasteiger charge is -2.09. The topological polar surface area (TPSA) is 55.1 Å². The van der Waals surface area contributed by atoms with E-state index < -0.39 is 5.97 Å². The van der Waals surface area contributed by atoms with Gasteiger partial charge in [0, 0.05) is 29.4 Å². The first-order chi connectivity index (χ1) is 7.13. The molecule has 0 amide bonds. The summed E-state index contributed by atoms with van der Waals surface area (Å²) in [5, 5.41) is 8.75. The summed E-state index contributed by atoms with van der Waals surface area (Å²) in [6, 6.07) is 0. The first kappa shape index (κ1) is 12.1. The van der Waals surface area contributed by atoms with Crippen molar-refractivity contribution in [3.63, 3.8) is 0 Å². The van der Waals surface area contributed by atoms with E-state index in [2.05, 4.69) is 16.5 Å². The number of hydrogen-bond donors (Lipinski definition) is 1. The summed E-state index contributed by atoms with van der Waals surface area (Å²) in [6.45, 7) is 4.91. The third-order valence-corrected chi connectivity index (χ3v) is 3.32. The van der Waals surface area contributed by atoms with E-state index in [0.717, 1.165) is 18.0 Å². The van der Waals surface area contributed by atoms with Gasteiger partial charge in [-0.15, -0.1) is 0 Å². The molecule has 1 aromatic rings. The SMILES string of the molecule is CCn1cncc1CSC(C)CC(=O)O. The van der Waals surface area contributed by atoms with Gasteiger partial charge >= 0.3 is 5.97 Å². The molecule has 0 aromatic carbocycles. The van der Waals surface area contributed by atoms with Crippen molar-refractivity contribution in [3.05, 3.63) is 18.2 Å². The van der Waals surface area contributed by atoms with Gasteiger partial charge in [-0.3, -0.25) is 4.79 Å². The van der Waals surface area contributed by atoms with Crippen LogP contribution in [0, 0.1) is 0 Å². The first-order valence-electron chi connectivity index (χ1n) is 4.96. The molecule has 0 fully saturated rings. The van der Waals surface area contributed by atoms with Crippen molar-refractivity contribution >= 4 is 17.7 Å². The minimum absolute atomic E-state index is 0.141. The number of carboxylic acid groups (broad SMARTS) is 1. The number of aromatic nitrogens is 2. The molecule has 5 heteroatoms. The highest BCUT2D eigenvalue weighted by Crippen LogP contribution is 2.19. The van der Waals surface area contributed by atoms with Crippen LogP contribution in [0.1, 0.15) is 26.0 Å². The van der Waals surface area contributed by atoms with Gasteiger partial charge in [-0.1, -0.05) is 6.92 Å². The molecule has 1 heterocycles. The molecular weight excluding hydrogens is 212 g/mol. The second-order valence-corrected chi connectivity index (χ2v) is 4.82. The van der Waals surface area contributed by atoms with Gasteiger partial charge in [0.05, 0.1) is 12.7 Å². The van der Waals surface area contributed by atoms with Gasteiger partial charge in [0.15, 0.2) is 0 Å². The lowest BCUT2D eigenvalue weighted by molar-refractivity contribution is -0.136. The number of carboxylic acids is 1. The molecule has 0 bridgehead atoms. The maximum Gasteiger partial charge on any atom is 0.304 e. The van der Waals surface area contributed by atoms with Crippen LogP contribution in [0.4, 0.5) is 0 Å². The smallest absolute Gasteiger partial charge is 0.304 e. The Morgan fingerprint density at radius 2 is 2.47 bits per heavy atom. The second kappa shape index (κ2) is 5.80. The van der Waals surface area contributed by atoms with Gasteiger partial charge in [0.2, 0.25) is 0 Å². The summed E-state index contributed by atoms with van der Waals surface area (Å²) in [5.74, 6) is 0.0847. The Labute approximate surface area is 93.7 Å². The summed E-state index contributed by atoms with van der Waals surface area (Å²) in [4.78, 5) is 14.5. The van der Waals surface area contributed by atoms with Crippen molar-refractivity contribution in [2.24, 2.45) is 0 Å². The van der Waals surface area contributed by atoms with E-state index in [4.69, 9.17) is 5.11 Å². The van der Waals surface area contributed by atoms with Crippen molar-refractivity contribution in [1.29, 1.82) is 0 Å². The maximum atomic E-state index is 10.5. The average molecular weight is 228 g/mol. The van der Waals surface area contributed by atoms with E-state index in [0.29, 0.717) is 0 Å². The van der Waals surface area contributed by atoms with Crippen LogP contribution in [0.3, 0.4) is 0 Å². The third-order valence-electron chi connectivity index (χ3n) is 2.12. The highest BCUT2D eigenvalue weighted by molar-refractivity contribution is 7.99. The van der Waals surface area contributed by atoms with Crippen molar-refractivity contribution in [1.82, 2.24) is 9.55 Å². The molecule has 1 rings (SSSR count). The Bertz CT molecular complexity index is 325. The molecule has 0 aliphatic rings. The first-order valence-corrected chi connectivity index (χ1v) is 6.00. The van der Waals surface area contributed by atoms with Gasteiger partial charge in [-0.05, 0) is 6.92 Å². The van der Waals surface area contributed by atoms with Crippen LogP contribution in [0.25, 0.3) is 0 Å². The zero-order valence-electron chi connectivity index (χ0n) is 9.01. The van der Waals surface area contributed by atoms with Gasteiger partial charge in [0.25, 0.3) is 0 Å². The van der Waals surface area contributed by atoms with Crippen LogP contribution in [-0.2, 0) is 17.1 Å². The average Bonchev–Trinajstić information content (AvgIpc) is 2.60. The van der Waals surface area contributed by atoms with Gasteiger partial charge in [0.1, 0.15) is 0 Å². The molecule has 1 unspecified atom stereocenters. The number of aryl methyl sites for hydroxylation is 1. The van der Waals surface area contributed by atoms with Crippen LogP contribution in [-0.4, -0.2) is 25.9 Å². The van der Waals surface area contributed by atoms with Gasteiger partial charge in [-0.2, -0.15) is 11.8 Å². The normalized spacial score (nSPS) is 12.7. The van der Waals surface area contributed by atoms with Crippen molar-refractivity contribution in [2.45, 2.75) is 37.8 Å². The summed E-state index contributed by atoms with van der Waals surface area (Å²) < 4.78 is 2.07.